The topological polar surface area (TPSA) is 27.1 Å². The van der Waals surface area contributed by atoms with Crippen molar-refractivity contribution in [1.29, 1.82) is 5.41 Å². The van der Waals surface area contributed by atoms with Gasteiger partial charge in [-0.25, -0.2) is 0 Å². The van der Waals surface area contributed by atoms with E-state index in [2.05, 4.69) is 98.5 Å². The van der Waals surface area contributed by atoms with E-state index < -0.39 is 0 Å². The van der Waals surface area contributed by atoms with Gasteiger partial charge in [-0.1, -0.05) is 126 Å². The van der Waals surface area contributed by atoms with Crippen LogP contribution in [0.15, 0.2) is 78.9 Å². The van der Waals surface area contributed by atoms with Crippen LogP contribution in [0, 0.1) is 11.3 Å². The lowest BCUT2D eigenvalue weighted by Crippen LogP contribution is -2.25. The van der Waals surface area contributed by atoms with Crippen molar-refractivity contribution >= 4 is 5.71 Å². The molecule has 1 heterocycles. The van der Waals surface area contributed by atoms with E-state index in [1.54, 1.807) is 0 Å². The molecule has 0 amide bonds. The normalized spacial score (nSPS) is 13.4. The summed E-state index contributed by atoms with van der Waals surface area (Å²) < 4.78 is 0. The highest BCUT2D eigenvalue weighted by Crippen LogP contribution is 2.23. The number of hydrogen-bond donors (Lipinski definition) is 1. The third-order valence-electron chi connectivity index (χ3n) is 7.88. The minimum atomic E-state index is 0.829. The lowest BCUT2D eigenvalue weighted by molar-refractivity contribution is 0.279. The van der Waals surface area contributed by atoms with Gasteiger partial charge in [-0.2, -0.15) is 0 Å². The number of nitrogens with one attached hydrogen (secondary N) is 1. The van der Waals surface area contributed by atoms with Crippen molar-refractivity contribution in [2.24, 2.45) is 5.92 Å². The van der Waals surface area contributed by atoms with Crippen LogP contribution in [0.1, 0.15) is 93.5 Å². The summed E-state index contributed by atoms with van der Waals surface area (Å²) in [5.74, 6) is 0.857. The monoisotopic (exact) mass is 510 g/mol. The van der Waals surface area contributed by atoms with Gasteiger partial charge in [-0.05, 0) is 71.9 Å². The lowest BCUT2D eigenvalue weighted by atomic mass is 9.91. The van der Waals surface area contributed by atoms with Crippen LogP contribution in [0.4, 0.5) is 0 Å². The summed E-state index contributed by atoms with van der Waals surface area (Å²) in [4.78, 5) is 2.57. The third kappa shape index (κ3) is 10.2. The first-order chi connectivity index (χ1) is 18.6. The maximum atomic E-state index is 8.63. The second-order valence-electron chi connectivity index (χ2n) is 10.9. The van der Waals surface area contributed by atoms with Gasteiger partial charge < -0.3 is 5.41 Å². The van der Waals surface area contributed by atoms with Crippen molar-refractivity contribution in [1.82, 2.24) is 4.90 Å². The number of benzene rings is 3. The molecule has 0 aromatic heterocycles. The van der Waals surface area contributed by atoms with E-state index in [9.17, 15) is 0 Å². The van der Waals surface area contributed by atoms with E-state index in [-0.39, 0.29) is 0 Å². The highest BCUT2D eigenvalue weighted by atomic mass is 15.1. The lowest BCUT2D eigenvalue weighted by Gasteiger charge is -2.19. The number of hydrogen-bond acceptors (Lipinski definition) is 2. The Bertz CT molecular complexity index is 1050. The Balaban J connectivity index is 0.000000427. The molecule has 0 fully saturated rings. The van der Waals surface area contributed by atoms with E-state index >= 15 is 0 Å². The largest absolute Gasteiger partial charge is 0.305 e. The van der Waals surface area contributed by atoms with Gasteiger partial charge in [0, 0.05) is 25.3 Å². The molecular formula is C36H50N2. The smallest absolute Gasteiger partial charge is 0.0386 e. The van der Waals surface area contributed by atoms with Gasteiger partial charge in [0.25, 0.3) is 0 Å². The Hall–Kier alpha value is -2.71. The average molecular weight is 511 g/mol. The maximum absolute atomic E-state index is 8.63. The first-order valence-electron chi connectivity index (χ1n) is 15.1. The Morgan fingerprint density at radius 2 is 1.34 bits per heavy atom. The van der Waals surface area contributed by atoms with Crippen LogP contribution in [-0.2, 0) is 25.8 Å². The van der Waals surface area contributed by atoms with Crippen LogP contribution < -0.4 is 0 Å². The van der Waals surface area contributed by atoms with Gasteiger partial charge in [0.15, 0.2) is 0 Å². The summed E-state index contributed by atoms with van der Waals surface area (Å²) >= 11 is 0. The Kier molecular flexibility index (Phi) is 13.3. The molecule has 1 aliphatic heterocycles. The van der Waals surface area contributed by atoms with Gasteiger partial charge in [0.2, 0.25) is 0 Å². The predicted molar refractivity (Wildman–Crippen MR) is 165 cm³/mol. The Morgan fingerprint density at radius 1 is 0.737 bits per heavy atom. The minimum Gasteiger partial charge on any atom is -0.305 e. The molecular weight excluding hydrogens is 460 g/mol. The van der Waals surface area contributed by atoms with Crippen LogP contribution in [0.5, 0.6) is 0 Å². The van der Waals surface area contributed by atoms with Crippen molar-refractivity contribution in [2.75, 3.05) is 13.1 Å². The number of fused-ring (bicyclic) bond motifs is 1. The molecule has 0 aliphatic carbocycles. The van der Waals surface area contributed by atoms with Crippen molar-refractivity contribution in [3.63, 3.8) is 0 Å². The van der Waals surface area contributed by atoms with Gasteiger partial charge in [0.05, 0.1) is 0 Å². The number of nitrogens with zero attached hydrogens (tertiary/aromatic N) is 1. The summed E-state index contributed by atoms with van der Waals surface area (Å²) in [7, 11) is 0. The molecule has 3 aromatic rings. The van der Waals surface area contributed by atoms with E-state index in [0.29, 0.717) is 0 Å². The van der Waals surface area contributed by atoms with Gasteiger partial charge >= 0.3 is 0 Å². The number of aryl methyl sites for hydroxylation is 1. The quantitative estimate of drug-likeness (QED) is 0.241. The maximum Gasteiger partial charge on any atom is 0.0386 e. The summed E-state index contributed by atoms with van der Waals surface area (Å²) in [5, 5.41) is 8.63. The fraction of sp³-hybridized carbons (Fsp3) is 0.472. The minimum absolute atomic E-state index is 0.829. The molecule has 0 atom stereocenters. The van der Waals surface area contributed by atoms with Crippen LogP contribution in [0.2, 0.25) is 0 Å². The van der Waals surface area contributed by atoms with E-state index in [0.717, 1.165) is 68.9 Å². The second kappa shape index (κ2) is 17.0. The molecule has 0 saturated carbocycles. The molecule has 0 unspecified atom stereocenters. The molecule has 2 heteroatoms. The van der Waals surface area contributed by atoms with Gasteiger partial charge in [0.1, 0.15) is 0 Å². The molecule has 0 saturated heterocycles. The first kappa shape index (κ1) is 29.8. The molecule has 0 bridgehead atoms. The zero-order valence-electron chi connectivity index (χ0n) is 24.2. The molecule has 3 aromatic carbocycles. The fourth-order valence-corrected chi connectivity index (χ4v) is 5.63. The average Bonchev–Trinajstić information content (AvgIpc) is 3.16. The molecule has 1 aliphatic rings. The Labute approximate surface area is 233 Å². The number of rotatable bonds is 12. The molecule has 0 radical (unpaired) electrons. The predicted octanol–water partition coefficient (Wildman–Crippen LogP) is 9.29. The van der Waals surface area contributed by atoms with E-state index in [4.69, 9.17) is 5.41 Å². The van der Waals surface area contributed by atoms with Gasteiger partial charge in [-0.3, -0.25) is 4.90 Å². The highest BCUT2D eigenvalue weighted by Gasteiger charge is 2.16. The molecule has 38 heavy (non-hydrogen) atoms. The zero-order valence-corrected chi connectivity index (χ0v) is 24.2. The zero-order chi connectivity index (χ0) is 27.0. The van der Waals surface area contributed by atoms with Crippen LogP contribution in [0.3, 0.4) is 0 Å². The standard InChI is InChI=1S/C28H40N2.C8H10/c1-3-9-23(10-4-2)13-8-14-28(29)27-16-15-25-17-19-30(20-18-26(25)21-27)22-24-11-6-5-7-12-24;1-2-8-6-4-3-5-7-8/h5-7,11-12,15-16,21,23,29H,3-4,8-10,13-14,17-20,22H2,1-2H3;3-7H,2H2,1H3. The van der Waals surface area contributed by atoms with Crippen LogP contribution in [0.25, 0.3) is 0 Å². The highest BCUT2D eigenvalue weighted by molar-refractivity contribution is 5.98. The van der Waals surface area contributed by atoms with Crippen molar-refractivity contribution in [3.05, 3.63) is 107 Å². The third-order valence-corrected chi connectivity index (χ3v) is 7.88. The van der Waals surface area contributed by atoms with Crippen molar-refractivity contribution in [2.45, 2.75) is 91.5 Å². The molecule has 2 nitrogen and oxygen atoms in total. The van der Waals surface area contributed by atoms with Crippen molar-refractivity contribution in [3.8, 4) is 0 Å². The van der Waals surface area contributed by atoms with Crippen molar-refractivity contribution < 1.29 is 0 Å². The molecule has 204 valence electrons. The summed E-state index contributed by atoms with van der Waals surface area (Å²) in [6.45, 7) is 10.0. The van der Waals surface area contributed by atoms with Gasteiger partial charge in [-0.15, -0.1) is 0 Å². The van der Waals surface area contributed by atoms with E-state index in [1.807, 2.05) is 6.07 Å². The van der Waals surface area contributed by atoms with Crippen LogP contribution >= 0.6 is 0 Å². The van der Waals surface area contributed by atoms with Crippen LogP contribution in [-0.4, -0.2) is 23.7 Å². The summed E-state index contributed by atoms with van der Waals surface area (Å²) in [6, 6.07) is 28.1. The Morgan fingerprint density at radius 3 is 1.92 bits per heavy atom. The second-order valence-corrected chi connectivity index (χ2v) is 10.9. The molecule has 4 rings (SSSR count). The first-order valence-corrected chi connectivity index (χ1v) is 15.1. The molecule has 0 spiro atoms. The van der Waals surface area contributed by atoms with E-state index in [1.165, 1.54) is 54.4 Å². The SMILES string of the molecule is CCCC(CCC)CCCC(=N)c1ccc2c(c1)CCN(Cc1ccccc1)CC2.CCc1ccccc1. The summed E-state index contributed by atoms with van der Waals surface area (Å²) in [5.41, 5.74) is 7.72. The summed E-state index contributed by atoms with van der Waals surface area (Å²) in [6.07, 6.45) is 12.0. The fourth-order valence-electron chi connectivity index (χ4n) is 5.63. The molecule has 1 N–H and O–H groups in total.